The van der Waals surface area contributed by atoms with Gasteiger partial charge >= 0.3 is 0 Å². The van der Waals surface area contributed by atoms with E-state index in [1.807, 2.05) is 18.2 Å². The van der Waals surface area contributed by atoms with E-state index in [0.29, 0.717) is 37.7 Å². The van der Waals surface area contributed by atoms with Gasteiger partial charge in [0.25, 0.3) is 0 Å². The Hall–Kier alpha value is -0.860. The average molecular weight is 460 g/mol. The van der Waals surface area contributed by atoms with Gasteiger partial charge < -0.3 is 15.8 Å². The Morgan fingerprint density at radius 3 is 2.88 bits per heavy atom. The third kappa shape index (κ3) is 8.37. The monoisotopic (exact) mass is 460 g/mol. The molecule has 1 fully saturated rings. The van der Waals surface area contributed by atoms with Gasteiger partial charge in [0.15, 0.2) is 5.96 Å². The van der Waals surface area contributed by atoms with Gasteiger partial charge in [-0.1, -0.05) is 44.2 Å². The lowest BCUT2D eigenvalue weighted by Crippen LogP contribution is -2.42. The van der Waals surface area contributed by atoms with E-state index in [1.165, 1.54) is 24.9 Å². The predicted octanol–water partition coefficient (Wildman–Crippen LogP) is 2.85. The van der Waals surface area contributed by atoms with Crippen molar-refractivity contribution in [1.29, 1.82) is 0 Å². The van der Waals surface area contributed by atoms with E-state index in [9.17, 15) is 0 Å². The maximum atomic E-state index is 5.99. The van der Waals surface area contributed by atoms with Crippen molar-refractivity contribution in [1.82, 2.24) is 10.2 Å². The summed E-state index contributed by atoms with van der Waals surface area (Å²) in [6.45, 7) is 9.59. The molecule has 1 heterocycles. The molecule has 5 nitrogen and oxygen atoms in total. The number of benzene rings is 1. The van der Waals surface area contributed by atoms with Crippen molar-refractivity contribution < 1.29 is 4.74 Å². The quantitative estimate of drug-likeness (QED) is 0.338. The molecule has 3 N–H and O–H groups in total. The number of hydrogen-bond acceptors (Lipinski definition) is 3. The fraction of sp³-hybridized carbons (Fsp3) is 0.632. The van der Waals surface area contributed by atoms with Crippen molar-refractivity contribution in [3.8, 4) is 0 Å². The summed E-state index contributed by atoms with van der Waals surface area (Å²) in [5.74, 6) is 0.903. The molecule has 1 aliphatic rings. The first-order valence-corrected chi connectivity index (χ1v) is 9.08. The second-order valence-electron chi connectivity index (χ2n) is 6.64. The van der Waals surface area contributed by atoms with Gasteiger partial charge in [0.1, 0.15) is 0 Å². The van der Waals surface area contributed by atoms with Gasteiger partial charge in [-0.2, -0.15) is 0 Å². The van der Waals surface area contributed by atoms with E-state index in [2.05, 4.69) is 41.2 Å². The number of guanidine groups is 1. The number of halogens is 1. The highest BCUT2D eigenvalue weighted by Gasteiger charge is 2.22. The number of nitrogens with two attached hydrogens (primary N) is 1. The molecule has 1 aliphatic heterocycles. The molecule has 0 saturated carbocycles. The van der Waals surface area contributed by atoms with Gasteiger partial charge in [-0.05, 0) is 37.4 Å². The Labute approximate surface area is 169 Å². The summed E-state index contributed by atoms with van der Waals surface area (Å²) in [4.78, 5) is 6.95. The number of likely N-dealkylation sites (tertiary alicyclic amines) is 1. The van der Waals surface area contributed by atoms with Crippen LogP contribution in [0.2, 0.25) is 0 Å². The summed E-state index contributed by atoms with van der Waals surface area (Å²) < 4.78 is 5.75. The van der Waals surface area contributed by atoms with E-state index < -0.39 is 0 Å². The van der Waals surface area contributed by atoms with Crippen LogP contribution in [0.4, 0.5) is 0 Å². The molecule has 1 saturated heterocycles. The molecule has 0 aliphatic carbocycles. The molecule has 0 bridgehead atoms. The van der Waals surface area contributed by atoms with Gasteiger partial charge in [0, 0.05) is 19.1 Å². The van der Waals surface area contributed by atoms with Crippen LogP contribution in [0.5, 0.6) is 0 Å². The third-order valence-electron chi connectivity index (χ3n) is 4.51. The third-order valence-corrected chi connectivity index (χ3v) is 4.51. The summed E-state index contributed by atoms with van der Waals surface area (Å²) in [7, 11) is 0. The zero-order chi connectivity index (χ0) is 17.2. The summed E-state index contributed by atoms with van der Waals surface area (Å²) >= 11 is 0. The standard InChI is InChI=1S/C19H32N4O.HI/c1-3-23-11-7-10-18(23)13-22-19(20)21-12-16(2)14-24-15-17-8-5-4-6-9-17;/h4-6,8-9,16,18H,3,7,10-15H2,1-2H3,(H3,20,21,22);1H. The molecule has 0 amide bonds. The number of likely N-dealkylation sites (N-methyl/N-ethyl adjacent to an activating group) is 1. The molecule has 142 valence electrons. The van der Waals surface area contributed by atoms with Gasteiger partial charge in [-0.15, -0.1) is 24.0 Å². The van der Waals surface area contributed by atoms with Crippen LogP contribution in [0.15, 0.2) is 35.3 Å². The molecule has 2 unspecified atom stereocenters. The fourth-order valence-corrected chi connectivity index (χ4v) is 3.08. The topological polar surface area (TPSA) is 62.9 Å². The SMILES string of the molecule is CCN1CCCC1CNC(N)=NCC(C)COCc1ccccc1.I. The molecular weight excluding hydrogens is 427 g/mol. The molecule has 1 aromatic rings. The van der Waals surface area contributed by atoms with Crippen molar-refractivity contribution in [3.05, 3.63) is 35.9 Å². The Kier molecular flexibility index (Phi) is 11.1. The maximum Gasteiger partial charge on any atom is 0.188 e. The van der Waals surface area contributed by atoms with E-state index in [-0.39, 0.29) is 24.0 Å². The van der Waals surface area contributed by atoms with Crippen molar-refractivity contribution in [2.24, 2.45) is 16.6 Å². The minimum atomic E-state index is 0. The number of ether oxygens (including phenoxy) is 1. The Bertz CT molecular complexity index is 497. The van der Waals surface area contributed by atoms with Gasteiger partial charge in [0.2, 0.25) is 0 Å². The van der Waals surface area contributed by atoms with E-state index in [0.717, 1.165) is 13.1 Å². The Morgan fingerprint density at radius 2 is 2.16 bits per heavy atom. The molecular formula is C19H33IN4O. The first-order valence-electron chi connectivity index (χ1n) is 9.08. The van der Waals surface area contributed by atoms with Crippen LogP contribution in [0.3, 0.4) is 0 Å². The molecule has 1 aromatic carbocycles. The number of rotatable bonds is 9. The van der Waals surface area contributed by atoms with Crippen LogP contribution in [0, 0.1) is 5.92 Å². The minimum Gasteiger partial charge on any atom is -0.376 e. The number of hydrogen-bond donors (Lipinski definition) is 2. The lowest BCUT2D eigenvalue weighted by molar-refractivity contribution is 0.0945. The van der Waals surface area contributed by atoms with Crippen LogP contribution in [0.25, 0.3) is 0 Å². The van der Waals surface area contributed by atoms with Crippen LogP contribution in [-0.4, -0.2) is 49.7 Å². The Morgan fingerprint density at radius 1 is 1.40 bits per heavy atom. The summed E-state index contributed by atoms with van der Waals surface area (Å²) in [5, 5.41) is 3.27. The molecule has 6 heteroatoms. The largest absolute Gasteiger partial charge is 0.376 e. The summed E-state index contributed by atoms with van der Waals surface area (Å²) in [5.41, 5.74) is 7.19. The molecule has 0 aromatic heterocycles. The first kappa shape index (κ1) is 22.2. The zero-order valence-corrected chi connectivity index (χ0v) is 17.8. The fourth-order valence-electron chi connectivity index (χ4n) is 3.08. The van der Waals surface area contributed by atoms with E-state index in [1.54, 1.807) is 0 Å². The average Bonchev–Trinajstić information content (AvgIpc) is 3.06. The smallest absolute Gasteiger partial charge is 0.188 e. The second-order valence-corrected chi connectivity index (χ2v) is 6.64. The number of aliphatic imine (C=N–C) groups is 1. The van der Waals surface area contributed by atoms with Gasteiger partial charge in [-0.3, -0.25) is 9.89 Å². The normalized spacial score (nSPS) is 19.4. The van der Waals surface area contributed by atoms with Crippen LogP contribution in [0.1, 0.15) is 32.3 Å². The molecule has 25 heavy (non-hydrogen) atoms. The number of nitrogens with zero attached hydrogens (tertiary/aromatic N) is 2. The van der Waals surface area contributed by atoms with Crippen molar-refractivity contribution >= 4 is 29.9 Å². The lowest BCUT2D eigenvalue weighted by Gasteiger charge is -2.23. The van der Waals surface area contributed by atoms with E-state index in [4.69, 9.17) is 10.5 Å². The molecule has 0 radical (unpaired) electrons. The molecule has 0 spiro atoms. The highest BCUT2D eigenvalue weighted by molar-refractivity contribution is 14.0. The summed E-state index contributed by atoms with van der Waals surface area (Å²) in [6, 6.07) is 10.8. The molecule has 2 rings (SSSR count). The maximum absolute atomic E-state index is 5.99. The zero-order valence-electron chi connectivity index (χ0n) is 15.5. The van der Waals surface area contributed by atoms with Crippen LogP contribution in [-0.2, 0) is 11.3 Å². The second kappa shape index (κ2) is 12.5. The van der Waals surface area contributed by atoms with Gasteiger partial charge in [0.05, 0.1) is 13.2 Å². The van der Waals surface area contributed by atoms with E-state index >= 15 is 0 Å². The van der Waals surface area contributed by atoms with Crippen LogP contribution < -0.4 is 11.1 Å². The predicted molar refractivity (Wildman–Crippen MR) is 115 cm³/mol. The molecule has 2 atom stereocenters. The Balaban J connectivity index is 0.00000312. The lowest BCUT2D eigenvalue weighted by atomic mass is 10.2. The first-order chi connectivity index (χ1) is 11.7. The van der Waals surface area contributed by atoms with Crippen molar-refractivity contribution in [2.45, 2.75) is 39.3 Å². The van der Waals surface area contributed by atoms with Crippen molar-refractivity contribution in [2.75, 3.05) is 32.8 Å². The van der Waals surface area contributed by atoms with Crippen LogP contribution >= 0.6 is 24.0 Å². The minimum absolute atomic E-state index is 0. The number of nitrogens with one attached hydrogen (secondary N) is 1. The van der Waals surface area contributed by atoms with Gasteiger partial charge in [-0.25, -0.2) is 0 Å². The highest BCUT2D eigenvalue weighted by atomic mass is 127. The highest BCUT2D eigenvalue weighted by Crippen LogP contribution is 2.15. The van der Waals surface area contributed by atoms with Crippen molar-refractivity contribution in [3.63, 3.8) is 0 Å². The summed E-state index contributed by atoms with van der Waals surface area (Å²) in [6.07, 6.45) is 2.53.